The number of amides is 1. The molecule has 4 aromatic carbocycles. The molecule has 2 aromatic heterocycles. The molecule has 11 nitrogen and oxygen atoms in total. The Hall–Kier alpha value is -6.20. The number of ether oxygens (including phenoxy) is 3. The Bertz CT molecular complexity index is 2400. The lowest BCUT2D eigenvalue weighted by Gasteiger charge is -2.29. The summed E-state index contributed by atoms with van der Waals surface area (Å²) in [5, 5.41) is 9.85. The smallest absolute Gasteiger partial charge is 0.290 e. The number of carbonyl (C=O) groups is 2. The zero-order valence-corrected chi connectivity index (χ0v) is 32.5. The molecule has 11 heteroatoms. The molecule has 3 N–H and O–H groups in total. The van der Waals surface area contributed by atoms with Crippen LogP contribution in [-0.2, 0) is 14.3 Å². The number of aryl methyl sites for hydroxylation is 2. The van der Waals surface area contributed by atoms with Gasteiger partial charge in [0.25, 0.3) is 23.5 Å². The average molecular weight is 760 g/mol. The number of carbonyl (C=O) groups excluding carboxylic acids is 1. The predicted molar refractivity (Wildman–Crippen MR) is 221 cm³/mol. The third-order valence-corrected chi connectivity index (χ3v) is 9.68. The maximum absolute atomic E-state index is 12.6. The van der Waals surface area contributed by atoms with Gasteiger partial charge >= 0.3 is 0 Å². The van der Waals surface area contributed by atoms with Crippen LogP contribution in [0, 0.1) is 13.8 Å². The van der Waals surface area contributed by atoms with E-state index in [2.05, 4.69) is 42.0 Å². The number of nitrogens with zero attached hydrogens (tertiary/aromatic N) is 1. The number of methoxy groups -OCH3 is 1. The van der Waals surface area contributed by atoms with Crippen LogP contribution in [0.3, 0.4) is 0 Å². The van der Waals surface area contributed by atoms with Crippen LogP contribution >= 0.6 is 0 Å². The van der Waals surface area contributed by atoms with Gasteiger partial charge in [0, 0.05) is 43.7 Å². The molecule has 56 heavy (non-hydrogen) atoms. The minimum Gasteiger partial charge on any atom is -0.488 e. The molecular weight excluding hydrogens is 711 g/mol. The van der Waals surface area contributed by atoms with Gasteiger partial charge in [-0.25, -0.2) is 0 Å². The number of nitrogens with one attached hydrogen (secondary N) is 2. The van der Waals surface area contributed by atoms with Gasteiger partial charge in [-0.05, 0) is 116 Å². The van der Waals surface area contributed by atoms with Crippen molar-refractivity contribution >= 4 is 33.9 Å². The molecular formula is C45H49N3O8. The van der Waals surface area contributed by atoms with Crippen molar-refractivity contribution < 1.29 is 28.9 Å². The molecule has 0 spiro atoms. The van der Waals surface area contributed by atoms with E-state index in [0.717, 1.165) is 64.5 Å². The topological polar surface area (TPSA) is 151 Å². The second-order valence-corrected chi connectivity index (χ2v) is 13.7. The van der Waals surface area contributed by atoms with Gasteiger partial charge in [-0.2, -0.15) is 0 Å². The van der Waals surface area contributed by atoms with Crippen molar-refractivity contribution in [3.8, 4) is 33.8 Å². The highest BCUT2D eigenvalue weighted by Crippen LogP contribution is 2.32. The van der Waals surface area contributed by atoms with Gasteiger partial charge < -0.3 is 34.2 Å². The SMILES string of the molecule is COCC(C)Oc1ccc2c(-c3ccccc3C)c[nH]c(=O)c2c1.Cc1ccccc1-c1c[nH]c(=O)c2cc(OC(C)C(=O)N3CCCCC3)ccc12.O=CO. The minimum absolute atomic E-state index is 0.00682. The van der Waals surface area contributed by atoms with Crippen LogP contribution in [0.2, 0.25) is 0 Å². The number of pyridine rings is 2. The lowest BCUT2D eigenvalue weighted by molar-refractivity contribution is -0.138. The highest BCUT2D eigenvalue weighted by atomic mass is 16.5. The molecule has 0 radical (unpaired) electrons. The first kappa shape index (κ1) is 41.0. The van der Waals surface area contributed by atoms with E-state index < -0.39 is 6.10 Å². The molecule has 2 atom stereocenters. The van der Waals surface area contributed by atoms with Crippen molar-refractivity contribution in [2.45, 2.75) is 59.2 Å². The Morgan fingerprint density at radius 2 is 1.18 bits per heavy atom. The first-order chi connectivity index (χ1) is 27.1. The van der Waals surface area contributed by atoms with Gasteiger partial charge in [-0.15, -0.1) is 0 Å². The second kappa shape index (κ2) is 19.4. The standard InChI is InChI=1S/C24H26N2O3.C20H21NO3.CH2O2/c1-16-8-4-5-9-19(16)22-15-25-23(27)21-14-18(10-11-20(21)22)29-17(2)24(28)26-12-6-3-7-13-26;1-13-6-4-5-7-16(13)19-11-21-20(22)18-10-15(8-9-17(18)19)24-14(2)12-23-3;2-1-3/h4-5,8-11,14-15,17H,3,6-7,12-13H2,1-2H3,(H,25,27);4-11,14H,12H2,1-3H3,(H,21,22);1H,(H,2,3). The Labute approximate surface area is 325 Å². The fraction of sp³-hybridized carbons (Fsp3) is 0.289. The number of hydrogen-bond donors (Lipinski definition) is 3. The molecule has 0 saturated carbocycles. The summed E-state index contributed by atoms with van der Waals surface area (Å²) in [5.74, 6) is 1.20. The van der Waals surface area contributed by atoms with Gasteiger partial charge in [0.05, 0.1) is 17.4 Å². The number of aromatic nitrogens is 2. The second-order valence-electron chi connectivity index (χ2n) is 13.7. The minimum atomic E-state index is -0.579. The summed E-state index contributed by atoms with van der Waals surface area (Å²) in [6.45, 7) is 9.66. The molecule has 6 aromatic rings. The summed E-state index contributed by atoms with van der Waals surface area (Å²) in [6.07, 6.45) is 6.15. The summed E-state index contributed by atoms with van der Waals surface area (Å²) < 4.78 is 16.8. The van der Waals surface area contributed by atoms with E-state index in [-0.39, 0.29) is 29.6 Å². The van der Waals surface area contributed by atoms with E-state index >= 15 is 0 Å². The molecule has 0 aliphatic carbocycles. The van der Waals surface area contributed by atoms with Gasteiger partial charge in [0.15, 0.2) is 6.10 Å². The Morgan fingerprint density at radius 3 is 1.64 bits per heavy atom. The number of aromatic amines is 2. The number of benzene rings is 4. The van der Waals surface area contributed by atoms with Crippen LogP contribution in [0.5, 0.6) is 11.5 Å². The number of piperidine rings is 1. The van der Waals surface area contributed by atoms with E-state index in [0.29, 0.717) is 28.9 Å². The van der Waals surface area contributed by atoms with Crippen LogP contribution in [0.15, 0.2) is 107 Å². The van der Waals surface area contributed by atoms with Crippen LogP contribution in [0.4, 0.5) is 0 Å². The fourth-order valence-corrected chi connectivity index (χ4v) is 6.95. The monoisotopic (exact) mass is 759 g/mol. The average Bonchev–Trinajstić information content (AvgIpc) is 3.20. The lowest BCUT2D eigenvalue weighted by Crippen LogP contribution is -2.43. The third-order valence-electron chi connectivity index (χ3n) is 9.68. The number of carboxylic acid groups (broad SMARTS) is 1. The summed E-state index contributed by atoms with van der Waals surface area (Å²) in [5.41, 5.74) is 6.20. The van der Waals surface area contributed by atoms with Crippen molar-refractivity contribution in [2.24, 2.45) is 0 Å². The lowest BCUT2D eigenvalue weighted by atomic mass is 9.97. The van der Waals surface area contributed by atoms with E-state index in [9.17, 15) is 14.4 Å². The summed E-state index contributed by atoms with van der Waals surface area (Å²) in [6, 6.07) is 27.3. The molecule has 1 aliphatic rings. The third kappa shape index (κ3) is 9.91. The summed E-state index contributed by atoms with van der Waals surface area (Å²) in [7, 11) is 1.64. The highest BCUT2D eigenvalue weighted by molar-refractivity contribution is 5.98. The largest absolute Gasteiger partial charge is 0.488 e. The van der Waals surface area contributed by atoms with Crippen molar-refractivity contribution in [1.29, 1.82) is 0 Å². The summed E-state index contributed by atoms with van der Waals surface area (Å²) >= 11 is 0. The molecule has 1 amide bonds. The highest BCUT2D eigenvalue weighted by Gasteiger charge is 2.24. The van der Waals surface area contributed by atoms with Crippen molar-refractivity contribution in [1.82, 2.24) is 14.9 Å². The Balaban J connectivity index is 0.000000204. The number of likely N-dealkylation sites (tertiary alicyclic amines) is 1. The summed E-state index contributed by atoms with van der Waals surface area (Å²) in [4.78, 5) is 53.3. The van der Waals surface area contributed by atoms with E-state index in [4.69, 9.17) is 24.1 Å². The number of fused-ring (bicyclic) bond motifs is 2. The first-order valence-corrected chi connectivity index (χ1v) is 18.7. The normalized spacial score (nSPS) is 13.4. The van der Waals surface area contributed by atoms with Gasteiger partial charge in [0.2, 0.25) is 0 Å². The molecule has 7 rings (SSSR count). The number of rotatable bonds is 9. The molecule has 0 bridgehead atoms. The van der Waals surface area contributed by atoms with Crippen LogP contribution < -0.4 is 20.6 Å². The fourth-order valence-electron chi connectivity index (χ4n) is 6.95. The molecule has 1 fully saturated rings. The van der Waals surface area contributed by atoms with Crippen molar-refractivity contribution in [2.75, 3.05) is 26.8 Å². The van der Waals surface area contributed by atoms with Crippen molar-refractivity contribution in [3.63, 3.8) is 0 Å². The Morgan fingerprint density at radius 1 is 0.714 bits per heavy atom. The van der Waals surface area contributed by atoms with Crippen LogP contribution in [0.1, 0.15) is 44.2 Å². The Kier molecular flexibility index (Phi) is 14.2. The van der Waals surface area contributed by atoms with E-state index in [1.165, 1.54) is 12.0 Å². The van der Waals surface area contributed by atoms with E-state index in [1.54, 1.807) is 38.6 Å². The quantitative estimate of drug-likeness (QED) is 0.126. The zero-order chi connectivity index (χ0) is 40.2. The first-order valence-electron chi connectivity index (χ1n) is 18.7. The van der Waals surface area contributed by atoms with Crippen molar-refractivity contribution in [3.05, 3.63) is 129 Å². The molecule has 2 unspecified atom stereocenters. The maximum Gasteiger partial charge on any atom is 0.290 e. The molecule has 292 valence electrons. The van der Waals surface area contributed by atoms with E-state index in [1.807, 2.05) is 66.4 Å². The maximum atomic E-state index is 12.6. The van der Waals surface area contributed by atoms with Crippen LogP contribution in [0.25, 0.3) is 43.8 Å². The molecule has 3 heterocycles. The van der Waals surface area contributed by atoms with Crippen LogP contribution in [-0.4, -0.2) is 71.4 Å². The van der Waals surface area contributed by atoms with Gasteiger partial charge in [-0.3, -0.25) is 19.2 Å². The van der Waals surface area contributed by atoms with Gasteiger partial charge in [-0.1, -0.05) is 48.5 Å². The number of H-pyrrole nitrogens is 2. The zero-order valence-electron chi connectivity index (χ0n) is 32.5. The van der Waals surface area contributed by atoms with Gasteiger partial charge in [0.1, 0.15) is 17.6 Å². The predicted octanol–water partition coefficient (Wildman–Crippen LogP) is 7.90. The number of hydrogen-bond acceptors (Lipinski definition) is 7. The molecule has 1 aliphatic heterocycles. The molecule has 1 saturated heterocycles.